The number of Topliss-reactive ketones (excluding diaryl/α,β-unsaturated/α-hetero) is 1. The van der Waals surface area contributed by atoms with E-state index in [1.807, 2.05) is 25.1 Å². The first-order valence-corrected chi connectivity index (χ1v) is 12.0. The summed E-state index contributed by atoms with van der Waals surface area (Å²) in [5, 5.41) is 12.2. The molecule has 0 fully saturated rings. The number of carbonyl (C=O) groups is 2. The quantitative estimate of drug-likeness (QED) is 0.397. The lowest BCUT2D eigenvalue weighted by Crippen LogP contribution is -2.34. The van der Waals surface area contributed by atoms with Crippen molar-refractivity contribution < 1.29 is 19.1 Å². The lowest BCUT2D eigenvalue weighted by molar-refractivity contribution is -0.129. The first kappa shape index (κ1) is 24.0. The number of carbonyl (C=O) groups excluding carboxylic acids is 2. The van der Waals surface area contributed by atoms with E-state index in [2.05, 4.69) is 18.7 Å². The number of rotatable bonds is 9. The van der Waals surface area contributed by atoms with E-state index < -0.39 is 23.5 Å². The molecule has 0 bridgehead atoms. The SMILES string of the molecule is CCN(CC)CCCN1C(=O)C(O)=C(C(=O)c2cc3cc(C)ccc3o2)C1c1ccc(Cl)cc1. The fraction of sp³-hybridized carbons (Fsp3) is 0.333. The van der Waals surface area contributed by atoms with Crippen molar-refractivity contribution in [3.8, 4) is 0 Å². The molecule has 2 aromatic carbocycles. The molecule has 3 aromatic rings. The Kier molecular flexibility index (Phi) is 7.10. The molecule has 34 heavy (non-hydrogen) atoms. The Labute approximate surface area is 204 Å². The monoisotopic (exact) mass is 480 g/mol. The summed E-state index contributed by atoms with van der Waals surface area (Å²) in [5.74, 6) is -1.47. The molecule has 7 heteroatoms. The van der Waals surface area contributed by atoms with Crippen molar-refractivity contribution in [1.82, 2.24) is 9.80 Å². The molecule has 1 atom stereocenters. The summed E-state index contributed by atoms with van der Waals surface area (Å²) in [6, 6.07) is 13.6. The summed E-state index contributed by atoms with van der Waals surface area (Å²) >= 11 is 6.09. The average molecular weight is 481 g/mol. The molecule has 1 aliphatic heterocycles. The minimum absolute atomic E-state index is 0.0333. The molecule has 0 aliphatic carbocycles. The summed E-state index contributed by atoms with van der Waals surface area (Å²) < 4.78 is 5.81. The number of aliphatic hydroxyl groups is 1. The standard InChI is InChI=1S/C27H29ClN2O4/c1-4-29(5-2)13-6-14-30-24(18-8-10-20(28)11-9-18)23(26(32)27(30)33)25(31)22-16-19-15-17(3)7-12-21(19)34-22/h7-12,15-16,24,32H,4-6,13-14H2,1-3H3. The molecule has 1 aliphatic rings. The molecular formula is C27H29ClN2O4. The van der Waals surface area contributed by atoms with Gasteiger partial charge in [0.2, 0.25) is 5.78 Å². The van der Waals surface area contributed by atoms with Gasteiger partial charge >= 0.3 is 0 Å². The van der Waals surface area contributed by atoms with Gasteiger partial charge in [0.25, 0.3) is 5.91 Å². The van der Waals surface area contributed by atoms with E-state index in [9.17, 15) is 14.7 Å². The fourth-order valence-corrected chi connectivity index (χ4v) is 4.65. The molecule has 4 rings (SSSR count). The maximum atomic E-state index is 13.6. The first-order chi connectivity index (χ1) is 16.3. The van der Waals surface area contributed by atoms with Gasteiger partial charge in [-0.3, -0.25) is 9.59 Å². The largest absolute Gasteiger partial charge is 0.503 e. The molecule has 0 saturated carbocycles. The van der Waals surface area contributed by atoms with Crippen LogP contribution in [0.15, 0.2) is 64.3 Å². The van der Waals surface area contributed by atoms with Gasteiger partial charge in [-0.2, -0.15) is 0 Å². The van der Waals surface area contributed by atoms with E-state index in [4.69, 9.17) is 16.0 Å². The van der Waals surface area contributed by atoms with Crippen molar-refractivity contribution in [3.63, 3.8) is 0 Å². The molecular weight excluding hydrogens is 452 g/mol. The Morgan fingerprint density at radius 1 is 1.12 bits per heavy atom. The topological polar surface area (TPSA) is 74.0 Å². The number of aliphatic hydroxyl groups excluding tert-OH is 1. The van der Waals surface area contributed by atoms with E-state index in [1.165, 1.54) is 0 Å². The van der Waals surface area contributed by atoms with Crippen LogP contribution in [0.4, 0.5) is 0 Å². The van der Waals surface area contributed by atoms with E-state index in [0.29, 0.717) is 22.7 Å². The Balaban J connectivity index is 1.70. The Hall–Kier alpha value is -3.09. The molecule has 6 nitrogen and oxygen atoms in total. The number of ketones is 1. The summed E-state index contributed by atoms with van der Waals surface area (Å²) in [7, 11) is 0. The van der Waals surface area contributed by atoms with Crippen LogP contribution in [0, 0.1) is 6.92 Å². The second-order valence-corrected chi connectivity index (χ2v) is 9.01. The molecule has 0 saturated heterocycles. The summed E-state index contributed by atoms with van der Waals surface area (Å²) in [4.78, 5) is 30.6. The fourth-order valence-electron chi connectivity index (χ4n) is 4.52. The third-order valence-electron chi connectivity index (χ3n) is 6.40. The minimum Gasteiger partial charge on any atom is -0.503 e. The van der Waals surface area contributed by atoms with Gasteiger partial charge in [-0.25, -0.2) is 0 Å². The van der Waals surface area contributed by atoms with Crippen LogP contribution in [0.3, 0.4) is 0 Å². The van der Waals surface area contributed by atoms with Crippen LogP contribution < -0.4 is 0 Å². The Bertz CT molecular complexity index is 1240. The van der Waals surface area contributed by atoms with Crippen LogP contribution in [-0.4, -0.2) is 52.8 Å². The van der Waals surface area contributed by atoms with E-state index in [0.717, 1.165) is 37.0 Å². The zero-order valence-corrected chi connectivity index (χ0v) is 20.4. The van der Waals surface area contributed by atoms with Gasteiger partial charge in [-0.05, 0) is 68.9 Å². The Morgan fingerprint density at radius 2 is 1.82 bits per heavy atom. The van der Waals surface area contributed by atoms with Gasteiger partial charge in [0.05, 0.1) is 11.6 Å². The average Bonchev–Trinajstić information content (AvgIpc) is 3.36. The van der Waals surface area contributed by atoms with Crippen molar-refractivity contribution in [2.45, 2.75) is 33.2 Å². The van der Waals surface area contributed by atoms with Crippen molar-refractivity contribution in [3.05, 3.63) is 81.8 Å². The van der Waals surface area contributed by atoms with Crippen LogP contribution in [-0.2, 0) is 4.79 Å². The van der Waals surface area contributed by atoms with Crippen molar-refractivity contribution in [2.75, 3.05) is 26.2 Å². The number of benzene rings is 2. The van der Waals surface area contributed by atoms with Crippen LogP contribution in [0.1, 0.15) is 48.0 Å². The van der Waals surface area contributed by atoms with Crippen LogP contribution in [0.5, 0.6) is 0 Å². The minimum atomic E-state index is -0.719. The molecule has 1 unspecified atom stereocenters. The van der Waals surface area contributed by atoms with Gasteiger partial charge in [0.1, 0.15) is 5.58 Å². The smallest absolute Gasteiger partial charge is 0.290 e. The number of aryl methyl sites for hydroxylation is 1. The number of hydrogen-bond acceptors (Lipinski definition) is 5. The summed E-state index contributed by atoms with van der Waals surface area (Å²) in [6.07, 6.45) is 0.718. The van der Waals surface area contributed by atoms with Gasteiger partial charge in [-0.15, -0.1) is 0 Å². The predicted octanol–water partition coefficient (Wildman–Crippen LogP) is 5.70. The number of hydrogen-bond donors (Lipinski definition) is 1. The Morgan fingerprint density at radius 3 is 2.50 bits per heavy atom. The highest BCUT2D eigenvalue weighted by Gasteiger charge is 2.44. The number of fused-ring (bicyclic) bond motifs is 1. The van der Waals surface area contributed by atoms with Gasteiger partial charge in [0, 0.05) is 17.0 Å². The number of amides is 1. The summed E-state index contributed by atoms with van der Waals surface area (Å²) in [6.45, 7) is 9.22. The molecule has 1 aromatic heterocycles. The molecule has 0 spiro atoms. The van der Waals surface area contributed by atoms with Crippen LogP contribution in [0.25, 0.3) is 11.0 Å². The molecule has 1 N–H and O–H groups in total. The number of furan rings is 1. The lowest BCUT2D eigenvalue weighted by atomic mass is 9.95. The zero-order chi connectivity index (χ0) is 24.4. The molecule has 1 amide bonds. The molecule has 0 radical (unpaired) electrons. The van der Waals surface area contributed by atoms with Gasteiger partial charge in [-0.1, -0.05) is 49.2 Å². The van der Waals surface area contributed by atoms with E-state index in [1.54, 1.807) is 35.2 Å². The predicted molar refractivity (Wildman–Crippen MR) is 133 cm³/mol. The van der Waals surface area contributed by atoms with Crippen LogP contribution >= 0.6 is 11.6 Å². The normalized spacial score (nSPS) is 16.3. The second-order valence-electron chi connectivity index (χ2n) is 8.58. The number of halogens is 1. The second kappa shape index (κ2) is 10.0. The number of nitrogens with zero attached hydrogens (tertiary/aromatic N) is 2. The van der Waals surface area contributed by atoms with Crippen molar-refractivity contribution in [1.29, 1.82) is 0 Å². The molecule has 178 valence electrons. The summed E-state index contributed by atoms with van der Waals surface area (Å²) in [5.41, 5.74) is 2.37. The first-order valence-electron chi connectivity index (χ1n) is 11.6. The third-order valence-corrected chi connectivity index (χ3v) is 6.65. The lowest BCUT2D eigenvalue weighted by Gasteiger charge is -2.28. The van der Waals surface area contributed by atoms with E-state index in [-0.39, 0.29) is 11.3 Å². The van der Waals surface area contributed by atoms with Crippen molar-refractivity contribution >= 4 is 34.3 Å². The molecule has 2 heterocycles. The van der Waals surface area contributed by atoms with Gasteiger partial charge in [0.15, 0.2) is 11.5 Å². The highest BCUT2D eigenvalue weighted by molar-refractivity contribution is 6.30. The highest BCUT2D eigenvalue weighted by atomic mass is 35.5. The highest BCUT2D eigenvalue weighted by Crippen LogP contribution is 2.40. The van der Waals surface area contributed by atoms with Crippen molar-refractivity contribution in [2.24, 2.45) is 0 Å². The van der Waals surface area contributed by atoms with Gasteiger partial charge < -0.3 is 19.3 Å². The van der Waals surface area contributed by atoms with E-state index >= 15 is 0 Å². The maximum absolute atomic E-state index is 13.6. The maximum Gasteiger partial charge on any atom is 0.290 e. The van der Waals surface area contributed by atoms with Crippen LogP contribution in [0.2, 0.25) is 5.02 Å². The zero-order valence-electron chi connectivity index (χ0n) is 19.7. The third kappa shape index (κ3) is 4.61.